The molecule has 3 aliphatic rings. The highest BCUT2D eigenvalue weighted by molar-refractivity contribution is 5.79. The van der Waals surface area contributed by atoms with E-state index < -0.39 is 0 Å². The molecule has 0 spiro atoms. The summed E-state index contributed by atoms with van der Waals surface area (Å²) in [6.45, 7) is 1.86. The molecule has 3 fully saturated rings. The third-order valence-corrected chi connectivity index (χ3v) is 5.97. The fourth-order valence-electron chi connectivity index (χ4n) is 4.61. The lowest BCUT2D eigenvalue weighted by molar-refractivity contribution is -0.137. The largest absolute Gasteiger partial charge is 0.341 e. The SMILES string of the molecule is CN(C)C1CCN(C(=O)C2CC3CCCC(C2)C3N)C1. The number of likely N-dealkylation sites (N-methyl/N-ethyl adjacent to an activating group) is 1. The zero-order valence-corrected chi connectivity index (χ0v) is 12.9. The summed E-state index contributed by atoms with van der Waals surface area (Å²) in [5.41, 5.74) is 6.33. The Balaban J connectivity index is 1.61. The zero-order valence-electron chi connectivity index (χ0n) is 12.9. The molecular weight excluding hydrogens is 250 g/mol. The van der Waals surface area contributed by atoms with E-state index in [-0.39, 0.29) is 5.92 Å². The van der Waals surface area contributed by atoms with Gasteiger partial charge in [-0.25, -0.2) is 0 Å². The molecule has 4 heteroatoms. The second-order valence-corrected chi connectivity index (χ2v) is 7.39. The first-order valence-electron chi connectivity index (χ1n) is 8.27. The number of nitrogens with zero attached hydrogens (tertiary/aromatic N) is 2. The smallest absolute Gasteiger partial charge is 0.225 e. The van der Waals surface area contributed by atoms with E-state index >= 15 is 0 Å². The van der Waals surface area contributed by atoms with Crippen molar-refractivity contribution in [1.82, 2.24) is 9.80 Å². The molecule has 0 aromatic carbocycles. The molecule has 2 bridgehead atoms. The van der Waals surface area contributed by atoms with Gasteiger partial charge in [0.1, 0.15) is 0 Å². The number of likely N-dealkylation sites (tertiary alicyclic amines) is 1. The highest BCUT2D eigenvalue weighted by atomic mass is 16.2. The van der Waals surface area contributed by atoms with Crippen molar-refractivity contribution in [3.8, 4) is 0 Å². The molecule has 114 valence electrons. The van der Waals surface area contributed by atoms with E-state index in [1.807, 2.05) is 0 Å². The third kappa shape index (κ3) is 2.60. The standard InChI is InChI=1S/C16H29N3O/c1-18(2)14-6-7-19(10-14)16(20)13-8-11-4-3-5-12(9-13)15(11)17/h11-15H,3-10,17H2,1-2H3. The zero-order chi connectivity index (χ0) is 14.3. The second-order valence-electron chi connectivity index (χ2n) is 7.39. The summed E-state index contributed by atoms with van der Waals surface area (Å²) >= 11 is 0. The van der Waals surface area contributed by atoms with Crippen molar-refractivity contribution in [2.45, 2.75) is 50.6 Å². The van der Waals surface area contributed by atoms with Gasteiger partial charge in [0.05, 0.1) is 0 Å². The van der Waals surface area contributed by atoms with E-state index in [2.05, 4.69) is 23.9 Å². The van der Waals surface area contributed by atoms with Gasteiger partial charge in [0.15, 0.2) is 0 Å². The van der Waals surface area contributed by atoms with Gasteiger partial charge < -0.3 is 15.5 Å². The molecule has 20 heavy (non-hydrogen) atoms. The summed E-state index contributed by atoms with van der Waals surface area (Å²) in [5.74, 6) is 1.87. The number of hydrogen-bond donors (Lipinski definition) is 1. The van der Waals surface area contributed by atoms with Gasteiger partial charge in [0, 0.05) is 31.1 Å². The molecule has 3 rings (SSSR count). The number of fused-ring (bicyclic) bond motifs is 2. The van der Waals surface area contributed by atoms with E-state index in [0.29, 0.717) is 29.8 Å². The van der Waals surface area contributed by atoms with Crippen molar-refractivity contribution >= 4 is 5.91 Å². The number of carbonyl (C=O) groups excluding carboxylic acids is 1. The Morgan fingerprint density at radius 2 is 1.80 bits per heavy atom. The molecule has 0 aromatic rings. The van der Waals surface area contributed by atoms with Crippen molar-refractivity contribution in [3.05, 3.63) is 0 Å². The van der Waals surface area contributed by atoms with Crippen molar-refractivity contribution in [1.29, 1.82) is 0 Å². The van der Waals surface area contributed by atoms with E-state index in [1.54, 1.807) is 0 Å². The lowest BCUT2D eigenvalue weighted by Gasteiger charge is -2.44. The minimum absolute atomic E-state index is 0.256. The van der Waals surface area contributed by atoms with Crippen LogP contribution in [0.3, 0.4) is 0 Å². The summed E-state index contributed by atoms with van der Waals surface area (Å²) in [6, 6.07) is 0.908. The maximum absolute atomic E-state index is 12.8. The van der Waals surface area contributed by atoms with Gasteiger partial charge >= 0.3 is 0 Å². The molecule has 0 aromatic heterocycles. The number of nitrogens with two attached hydrogens (primary N) is 1. The van der Waals surface area contributed by atoms with Crippen LogP contribution in [0, 0.1) is 17.8 Å². The summed E-state index contributed by atoms with van der Waals surface area (Å²) in [7, 11) is 4.23. The quantitative estimate of drug-likeness (QED) is 0.829. The summed E-state index contributed by atoms with van der Waals surface area (Å²) in [5, 5.41) is 0. The van der Waals surface area contributed by atoms with Crippen molar-refractivity contribution in [2.75, 3.05) is 27.2 Å². The number of carbonyl (C=O) groups is 1. The van der Waals surface area contributed by atoms with Crippen LogP contribution in [0.4, 0.5) is 0 Å². The second kappa shape index (κ2) is 5.64. The van der Waals surface area contributed by atoms with E-state index in [4.69, 9.17) is 5.73 Å². The Morgan fingerprint density at radius 3 is 2.35 bits per heavy atom. The summed E-state index contributed by atoms with van der Waals surface area (Å²) < 4.78 is 0. The van der Waals surface area contributed by atoms with Gasteiger partial charge in [-0.15, -0.1) is 0 Å². The highest BCUT2D eigenvalue weighted by Crippen LogP contribution is 2.42. The Kier molecular flexibility index (Phi) is 4.04. The predicted molar refractivity (Wildman–Crippen MR) is 80.2 cm³/mol. The third-order valence-electron chi connectivity index (χ3n) is 5.97. The molecule has 2 N–H and O–H groups in total. The highest BCUT2D eigenvalue weighted by Gasteiger charge is 2.42. The predicted octanol–water partition coefficient (Wildman–Crippen LogP) is 1.30. The first-order chi connectivity index (χ1) is 9.56. The molecule has 0 radical (unpaired) electrons. The van der Waals surface area contributed by atoms with Crippen LogP contribution in [-0.4, -0.2) is 55.0 Å². The minimum atomic E-state index is 0.256. The molecule has 2 saturated carbocycles. The van der Waals surface area contributed by atoms with E-state index in [1.165, 1.54) is 19.3 Å². The number of amides is 1. The van der Waals surface area contributed by atoms with Gasteiger partial charge in [0.2, 0.25) is 5.91 Å². The van der Waals surface area contributed by atoms with Gasteiger partial charge in [0.25, 0.3) is 0 Å². The lowest BCUT2D eigenvalue weighted by atomic mass is 9.65. The molecule has 3 atom stereocenters. The van der Waals surface area contributed by atoms with Crippen LogP contribution in [0.1, 0.15) is 38.5 Å². The van der Waals surface area contributed by atoms with E-state index in [9.17, 15) is 4.79 Å². The van der Waals surface area contributed by atoms with Gasteiger partial charge in [-0.05, 0) is 58.0 Å². The van der Waals surface area contributed by atoms with Crippen LogP contribution in [0.5, 0.6) is 0 Å². The monoisotopic (exact) mass is 279 g/mol. The molecule has 1 aliphatic heterocycles. The van der Waals surface area contributed by atoms with Crippen LogP contribution in [-0.2, 0) is 4.79 Å². The number of hydrogen-bond acceptors (Lipinski definition) is 3. The molecule has 4 nitrogen and oxygen atoms in total. The first kappa shape index (κ1) is 14.3. The Morgan fingerprint density at radius 1 is 1.15 bits per heavy atom. The normalized spacial score (nSPS) is 41.2. The first-order valence-corrected chi connectivity index (χ1v) is 8.27. The van der Waals surface area contributed by atoms with Crippen molar-refractivity contribution in [3.63, 3.8) is 0 Å². The Hall–Kier alpha value is -0.610. The summed E-state index contributed by atoms with van der Waals surface area (Å²) in [6.07, 6.45) is 7.00. The van der Waals surface area contributed by atoms with Crippen molar-refractivity contribution < 1.29 is 4.79 Å². The summed E-state index contributed by atoms with van der Waals surface area (Å²) in [4.78, 5) is 17.1. The lowest BCUT2D eigenvalue weighted by Crippen LogP contribution is -2.49. The Bertz CT molecular complexity index is 357. The van der Waals surface area contributed by atoms with Crippen LogP contribution in [0.2, 0.25) is 0 Å². The molecular formula is C16H29N3O. The van der Waals surface area contributed by atoms with Crippen LogP contribution in [0.15, 0.2) is 0 Å². The maximum atomic E-state index is 12.8. The maximum Gasteiger partial charge on any atom is 0.225 e. The molecule has 3 unspecified atom stereocenters. The number of rotatable bonds is 2. The topological polar surface area (TPSA) is 49.6 Å². The molecule has 1 saturated heterocycles. The average Bonchev–Trinajstić information content (AvgIpc) is 2.87. The van der Waals surface area contributed by atoms with Gasteiger partial charge in [-0.3, -0.25) is 4.79 Å². The van der Waals surface area contributed by atoms with Crippen LogP contribution in [0.25, 0.3) is 0 Å². The fourth-order valence-corrected chi connectivity index (χ4v) is 4.61. The molecule has 2 aliphatic carbocycles. The molecule has 1 heterocycles. The molecule has 1 amide bonds. The minimum Gasteiger partial charge on any atom is -0.341 e. The van der Waals surface area contributed by atoms with E-state index in [0.717, 1.165) is 32.4 Å². The van der Waals surface area contributed by atoms with Crippen LogP contribution >= 0.6 is 0 Å². The average molecular weight is 279 g/mol. The Labute approximate surface area is 122 Å². The van der Waals surface area contributed by atoms with Gasteiger partial charge in [-0.1, -0.05) is 6.42 Å². The van der Waals surface area contributed by atoms with Gasteiger partial charge in [-0.2, -0.15) is 0 Å². The van der Waals surface area contributed by atoms with Crippen molar-refractivity contribution in [2.24, 2.45) is 23.5 Å². The fraction of sp³-hybridized carbons (Fsp3) is 0.938. The van der Waals surface area contributed by atoms with Crippen LogP contribution < -0.4 is 5.73 Å².